The number of benzene rings is 3. The number of nitrogens with zero attached hydrogens (tertiary/aromatic N) is 1. The molecular weight excluding hydrogens is 416 g/mol. The Kier molecular flexibility index (Phi) is 8.31. The maximum absolute atomic E-state index is 12.1. The van der Waals surface area contributed by atoms with Gasteiger partial charge in [-0.25, -0.2) is 5.43 Å². The van der Waals surface area contributed by atoms with Gasteiger partial charge >= 0.3 is 0 Å². The van der Waals surface area contributed by atoms with E-state index in [9.17, 15) is 4.79 Å². The topological polar surface area (TPSA) is 69.2 Å². The first-order valence-corrected chi connectivity index (χ1v) is 10.1. The summed E-state index contributed by atoms with van der Waals surface area (Å²) in [5.74, 6) is 1.80. The summed E-state index contributed by atoms with van der Waals surface area (Å²) in [5.41, 5.74) is 3.73. The molecule has 1 amide bonds. The van der Waals surface area contributed by atoms with Crippen molar-refractivity contribution in [3.05, 3.63) is 88.9 Å². The maximum atomic E-state index is 12.1. The Labute approximate surface area is 186 Å². The fourth-order valence-electron chi connectivity index (χ4n) is 2.71. The molecule has 0 heterocycles. The van der Waals surface area contributed by atoms with Gasteiger partial charge in [0.2, 0.25) is 0 Å². The lowest BCUT2D eigenvalue weighted by atomic mass is 10.2. The van der Waals surface area contributed by atoms with Gasteiger partial charge in [0.05, 0.1) is 26.5 Å². The Hall–Kier alpha value is -3.51. The number of amides is 1. The smallest absolute Gasteiger partial charge is 0.271 e. The second-order valence-corrected chi connectivity index (χ2v) is 6.92. The number of carbonyl (C=O) groups is 1. The Bertz CT molecular complexity index is 1040. The molecule has 3 aromatic rings. The van der Waals surface area contributed by atoms with Crippen molar-refractivity contribution in [2.75, 3.05) is 20.3 Å². The predicted molar refractivity (Wildman–Crippen MR) is 122 cm³/mol. The molecule has 6 nitrogen and oxygen atoms in total. The Balaban J connectivity index is 1.43. The van der Waals surface area contributed by atoms with E-state index in [1.54, 1.807) is 37.6 Å². The van der Waals surface area contributed by atoms with E-state index in [1.165, 1.54) is 0 Å². The van der Waals surface area contributed by atoms with E-state index in [0.717, 1.165) is 5.56 Å². The molecule has 0 aromatic heterocycles. The summed E-state index contributed by atoms with van der Waals surface area (Å²) in [5, 5.41) is 4.49. The average Bonchev–Trinajstić information content (AvgIpc) is 2.79. The Morgan fingerprint density at radius 3 is 2.55 bits per heavy atom. The van der Waals surface area contributed by atoms with E-state index >= 15 is 0 Å². The second-order valence-electron chi connectivity index (χ2n) is 6.48. The molecule has 0 fully saturated rings. The van der Waals surface area contributed by atoms with Crippen LogP contribution in [0.4, 0.5) is 0 Å². The zero-order valence-electron chi connectivity index (χ0n) is 17.1. The third-order valence-corrected chi connectivity index (χ3v) is 4.44. The quantitative estimate of drug-likeness (QED) is 0.276. The number of hydrogen-bond acceptors (Lipinski definition) is 5. The van der Waals surface area contributed by atoms with Crippen LogP contribution in [0.2, 0.25) is 5.02 Å². The number of para-hydroxylation sites is 2. The van der Waals surface area contributed by atoms with Gasteiger partial charge in [0.15, 0.2) is 11.5 Å². The number of ether oxygens (including phenoxy) is 3. The van der Waals surface area contributed by atoms with Crippen molar-refractivity contribution < 1.29 is 19.0 Å². The molecule has 1 N–H and O–H groups in total. The first-order chi connectivity index (χ1) is 15.2. The summed E-state index contributed by atoms with van der Waals surface area (Å²) >= 11 is 5.90. The van der Waals surface area contributed by atoms with Gasteiger partial charge in [-0.15, -0.1) is 0 Å². The predicted octanol–water partition coefficient (Wildman–Crippen LogP) is 4.96. The summed E-state index contributed by atoms with van der Waals surface area (Å²) in [6.45, 7) is 1.01. The van der Waals surface area contributed by atoms with Crippen molar-refractivity contribution in [2.24, 2.45) is 5.10 Å². The summed E-state index contributed by atoms with van der Waals surface area (Å²) in [7, 11) is 1.62. The normalized spacial score (nSPS) is 10.6. The lowest BCUT2D eigenvalue weighted by Crippen LogP contribution is -2.17. The van der Waals surface area contributed by atoms with Gasteiger partial charge in [-0.1, -0.05) is 41.9 Å². The average molecular weight is 439 g/mol. The minimum atomic E-state index is -0.332. The van der Waals surface area contributed by atoms with Gasteiger partial charge in [0, 0.05) is 17.0 Å². The second kappa shape index (κ2) is 11.6. The fourth-order valence-corrected chi connectivity index (χ4v) is 2.90. The molecule has 31 heavy (non-hydrogen) atoms. The number of rotatable bonds is 10. The van der Waals surface area contributed by atoms with Crippen LogP contribution in [0, 0.1) is 0 Å². The van der Waals surface area contributed by atoms with Crippen molar-refractivity contribution in [3.63, 3.8) is 0 Å². The Morgan fingerprint density at radius 2 is 1.74 bits per heavy atom. The monoisotopic (exact) mass is 438 g/mol. The van der Waals surface area contributed by atoms with Crippen LogP contribution in [-0.4, -0.2) is 32.4 Å². The summed E-state index contributed by atoms with van der Waals surface area (Å²) in [6, 6.07) is 21.6. The minimum Gasteiger partial charge on any atom is -0.493 e. The van der Waals surface area contributed by atoms with Gasteiger partial charge in [-0.05, 0) is 48.0 Å². The van der Waals surface area contributed by atoms with Gasteiger partial charge in [0.25, 0.3) is 5.91 Å². The molecular formula is C24H23ClN2O4. The number of hydrazone groups is 1. The van der Waals surface area contributed by atoms with Gasteiger partial charge in [-0.3, -0.25) is 4.79 Å². The van der Waals surface area contributed by atoms with Crippen LogP contribution < -0.4 is 19.6 Å². The maximum Gasteiger partial charge on any atom is 0.271 e. The standard InChI is InChI=1S/C24H23ClN2O4/c1-29-22-11-2-3-12-23(22)31-14-6-13-30-21-10-4-7-18(15-21)17-26-27-24(28)19-8-5-9-20(25)16-19/h2-5,7-12,15-17H,6,13-14H2,1H3,(H,27,28)/b26-17+. The van der Waals surface area contributed by atoms with Crippen molar-refractivity contribution in [1.82, 2.24) is 5.43 Å². The fraction of sp³-hybridized carbons (Fsp3) is 0.167. The van der Waals surface area contributed by atoms with E-state index in [0.29, 0.717) is 47.5 Å². The number of halogens is 1. The largest absolute Gasteiger partial charge is 0.493 e. The SMILES string of the molecule is COc1ccccc1OCCCOc1cccc(/C=N/NC(=O)c2cccc(Cl)c2)c1. The van der Waals surface area contributed by atoms with E-state index < -0.39 is 0 Å². The molecule has 0 radical (unpaired) electrons. The molecule has 0 aliphatic rings. The van der Waals surface area contributed by atoms with Gasteiger partial charge in [-0.2, -0.15) is 5.10 Å². The minimum absolute atomic E-state index is 0.332. The molecule has 3 rings (SSSR count). The van der Waals surface area contributed by atoms with Gasteiger partial charge < -0.3 is 14.2 Å². The van der Waals surface area contributed by atoms with E-state index in [1.807, 2.05) is 48.5 Å². The molecule has 0 atom stereocenters. The number of carbonyl (C=O) groups excluding carboxylic acids is 1. The molecule has 0 aliphatic carbocycles. The third-order valence-electron chi connectivity index (χ3n) is 4.21. The molecule has 0 aliphatic heterocycles. The highest BCUT2D eigenvalue weighted by molar-refractivity contribution is 6.30. The van der Waals surface area contributed by atoms with Crippen LogP contribution in [-0.2, 0) is 0 Å². The van der Waals surface area contributed by atoms with Crippen LogP contribution in [0.5, 0.6) is 17.2 Å². The first-order valence-electron chi connectivity index (χ1n) is 9.73. The lowest BCUT2D eigenvalue weighted by Gasteiger charge is -2.11. The molecule has 0 spiro atoms. The van der Waals surface area contributed by atoms with Crippen LogP contribution in [0.3, 0.4) is 0 Å². The molecule has 0 saturated heterocycles. The van der Waals surface area contributed by atoms with Crippen LogP contribution >= 0.6 is 11.6 Å². The van der Waals surface area contributed by atoms with E-state index in [2.05, 4.69) is 10.5 Å². The molecule has 160 valence electrons. The lowest BCUT2D eigenvalue weighted by molar-refractivity contribution is 0.0955. The molecule has 0 bridgehead atoms. The molecule has 0 saturated carbocycles. The third kappa shape index (κ3) is 7.04. The summed E-state index contributed by atoms with van der Waals surface area (Å²) < 4.78 is 16.8. The number of nitrogens with one attached hydrogen (secondary N) is 1. The number of methoxy groups -OCH3 is 1. The highest BCUT2D eigenvalue weighted by Gasteiger charge is 2.04. The Morgan fingerprint density at radius 1 is 0.968 bits per heavy atom. The van der Waals surface area contributed by atoms with Crippen molar-refractivity contribution in [2.45, 2.75) is 6.42 Å². The summed E-state index contributed by atoms with van der Waals surface area (Å²) in [4.78, 5) is 12.1. The van der Waals surface area contributed by atoms with Crippen LogP contribution in [0.15, 0.2) is 77.9 Å². The zero-order valence-corrected chi connectivity index (χ0v) is 17.8. The summed E-state index contributed by atoms with van der Waals surface area (Å²) in [6.07, 6.45) is 2.27. The van der Waals surface area contributed by atoms with E-state index in [-0.39, 0.29) is 5.91 Å². The van der Waals surface area contributed by atoms with Crippen LogP contribution in [0.25, 0.3) is 0 Å². The van der Waals surface area contributed by atoms with Crippen molar-refractivity contribution in [1.29, 1.82) is 0 Å². The number of hydrogen-bond donors (Lipinski definition) is 1. The molecule has 3 aromatic carbocycles. The van der Waals surface area contributed by atoms with Crippen molar-refractivity contribution >= 4 is 23.7 Å². The highest BCUT2D eigenvalue weighted by Crippen LogP contribution is 2.25. The van der Waals surface area contributed by atoms with Gasteiger partial charge in [0.1, 0.15) is 5.75 Å². The molecule has 7 heteroatoms. The van der Waals surface area contributed by atoms with Crippen LogP contribution in [0.1, 0.15) is 22.3 Å². The van der Waals surface area contributed by atoms with E-state index in [4.69, 9.17) is 25.8 Å². The first kappa shape index (κ1) is 22.2. The highest BCUT2D eigenvalue weighted by atomic mass is 35.5. The van der Waals surface area contributed by atoms with Crippen molar-refractivity contribution in [3.8, 4) is 17.2 Å². The molecule has 0 unspecified atom stereocenters. The zero-order chi connectivity index (χ0) is 21.9.